The van der Waals surface area contributed by atoms with Gasteiger partial charge in [-0.2, -0.15) is 18.3 Å². The number of halogens is 3. The summed E-state index contributed by atoms with van der Waals surface area (Å²) in [4.78, 5) is 28.8. The molecule has 2 heterocycles. The van der Waals surface area contributed by atoms with Crippen LogP contribution >= 0.6 is 0 Å². The number of nitrogens with zero attached hydrogens (tertiary/aromatic N) is 5. The van der Waals surface area contributed by atoms with Crippen LogP contribution in [-0.2, 0) is 35.2 Å². The average Bonchev–Trinajstić information content (AvgIpc) is 3.49. The second-order valence-electron chi connectivity index (χ2n) is 12.4. The Bertz CT molecular complexity index is 1780. The predicted octanol–water partition coefficient (Wildman–Crippen LogP) is 6.10. The van der Waals surface area contributed by atoms with Crippen molar-refractivity contribution in [2.24, 2.45) is 11.2 Å². The summed E-state index contributed by atoms with van der Waals surface area (Å²) >= 11 is 0. The Kier molecular flexibility index (Phi) is 11.5. The van der Waals surface area contributed by atoms with E-state index < -0.39 is 46.0 Å². The Morgan fingerprint density at radius 1 is 1.08 bits per heavy atom. The molecule has 1 saturated heterocycles. The van der Waals surface area contributed by atoms with E-state index in [0.29, 0.717) is 18.4 Å². The molecule has 1 amide bonds. The fourth-order valence-corrected chi connectivity index (χ4v) is 5.54. The molecule has 1 fully saturated rings. The van der Waals surface area contributed by atoms with Crippen molar-refractivity contribution in [2.45, 2.75) is 70.4 Å². The molecule has 0 radical (unpaired) electrons. The molecule has 1 aliphatic heterocycles. The van der Waals surface area contributed by atoms with Gasteiger partial charge in [0.15, 0.2) is 5.69 Å². The van der Waals surface area contributed by atoms with Gasteiger partial charge < -0.3 is 19.4 Å². The largest absolute Gasteiger partial charge is 0.569 e. The first-order valence-electron chi connectivity index (χ1n) is 15.3. The number of sulfonamides is 1. The molecule has 2 aromatic carbocycles. The zero-order valence-electron chi connectivity index (χ0n) is 27.8. The number of aryl methyl sites for hydroxylation is 1. The van der Waals surface area contributed by atoms with Gasteiger partial charge in [-0.15, -0.1) is 5.01 Å². The minimum Gasteiger partial charge on any atom is -0.569 e. The Hall–Kier alpha value is -5.07. The van der Waals surface area contributed by atoms with E-state index in [4.69, 9.17) is 19.0 Å². The number of benzene rings is 2. The topological polar surface area (TPSA) is 177 Å². The third-order valence-corrected chi connectivity index (χ3v) is 8.48. The van der Waals surface area contributed by atoms with E-state index >= 15 is 0 Å². The van der Waals surface area contributed by atoms with Gasteiger partial charge in [0.2, 0.25) is 5.28 Å². The van der Waals surface area contributed by atoms with E-state index in [1.165, 1.54) is 24.1 Å². The molecule has 1 aromatic heterocycles. The minimum absolute atomic E-state index is 0.135. The van der Waals surface area contributed by atoms with Crippen molar-refractivity contribution in [2.75, 3.05) is 19.7 Å². The number of carbonyl (C=O) groups excluding carboxylic acids is 2. The van der Waals surface area contributed by atoms with E-state index in [1.807, 2.05) is 11.6 Å². The number of nitrogens with one attached hydrogen (secondary N) is 1. The maximum Gasteiger partial charge on any atom is 0.511 e. The molecule has 50 heavy (non-hydrogen) atoms. The summed E-state index contributed by atoms with van der Waals surface area (Å²) in [6.45, 7) is 8.44. The van der Waals surface area contributed by atoms with E-state index in [9.17, 15) is 36.4 Å². The second-order valence-corrected chi connectivity index (χ2v) is 14.1. The van der Waals surface area contributed by atoms with Crippen molar-refractivity contribution in [3.05, 3.63) is 71.1 Å². The number of piperidine rings is 1. The first-order chi connectivity index (χ1) is 23.3. The van der Waals surface area contributed by atoms with Crippen molar-refractivity contribution >= 4 is 22.3 Å². The molecule has 15 nitrogen and oxygen atoms in total. The van der Waals surface area contributed by atoms with Crippen molar-refractivity contribution in [3.8, 4) is 16.9 Å². The number of hydrogen-bond donors (Lipinski definition) is 1. The number of hydrogen-bond acceptors (Lipinski definition) is 11. The molecule has 19 heteroatoms. The highest BCUT2D eigenvalue weighted by atomic mass is 32.2. The molecule has 0 aliphatic carbocycles. The van der Waals surface area contributed by atoms with Crippen LogP contribution in [-0.4, -0.2) is 72.0 Å². The normalized spacial score (nSPS) is 15.3. The highest BCUT2D eigenvalue weighted by Crippen LogP contribution is 2.33. The van der Waals surface area contributed by atoms with Crippen LogP contribution in [0.4, 0.5) is 22.8 Å². The van der Waals surface area contributed by atoms with Gasteiger partial charge in [-0.3, -0.25) is 4.84 Å². The van der Waals surface area contributed by atoms with Gasteiger partial charge in [0, 0.05) is 12.5 Å². The van der Waals surface area contributed by atoms with Crippen LogP contribution in [0.5, 0.6) is 0 Å². The van der Waals surface area contributed by atoms with Crippen LogP contribution in [0.1, 0.15) is 51.8 Å². The summed E-state index contributed by atoms with van der Waals surface area (Å²) in [5.74, 6) is -0.193. The molecule has 3 aromatic rings. The van der Waals surface area contributed by atoms with Crippen LogP contribution < -0.4 is 4.72 Å². The maximum atomic E-state index is 13.5. The standard InChI is InChI=1S/C31H37F3N6O9S/c1-20-6-8-23(9-7-20)26-18-27(31(32,33)34)35-39(26)24-10-12-25(13-11-24)50(44,45)36-28(41)46-19-22-14-16-38(17-15-22)40(43)37-49-21(2)47-29(42)48-30(3,4)5/h6-13,18,21-22H,14-17,19H2,1-5H3,(H,36,41)/b40-37+. The van der Waals surface area contributed by atoms with Gasteiger partial charge in [-0.1, -0.05) is 29.8 Å². The number of hydrazine groups is 1. The van der Waals surface area contributed by atoms with Gasteiger partial charge >= 0.3 is 18.4 Å². The number of ether oxygens (including phenoxy) is 3. The van der Waals surface area contributed by atoms with Crippen LogP contribution in [0.15, 0.2) is 64.8 Å². The van der Waals surface area contributed by atoms with Gasteiger partial charge in [0.1, 0.15) is 5.60 Å². The number of aromatic nitrogens is 2. The third kappa shape index (κ3) is 10.5. The van der Waals surface area contributed by atoms with Crippen LogP contribution in [0.25, 0.3) is 16.9 Å². The lowest BCUT2D eigenvalue weighted by atomic mass is 9.99. The van der Waals surface area contributed by atoms with E-state index in [0.717, 1.165) is 28.4 Å². The molecule has 0 saturated carbocycles. The van der Waals surface area contributed by atoms with E-state index in [-0.39, 0.29) is 46.9 Å². The van der Waals surface area contributed by atoms with E-state index in [1.54, 1.807) is 45.0 Å². The summed E-state index contributed by atoms with van der Waals surface area (Å²) in [6.07, 6.45) is -7.33. The highest BCUT2D eigenvalue weighted by molar-refractivity contribution is 7.90. The number of rotatable bonds is 10. The fraction of sp³-hybridized carbons (Fsp3) is 0.452. The van der Waals surface area contributed by atoms with Gasteiger partial charge in [0.05, 0.1) is 40.9 Å². The summed E-state index contributed by atoms with van der Waals surface area (Å²) in [5.41, 5.74) is -0.217. The van der Waals surface area contributed by atoms with Crippen molar-refractivity contribution in [3.63, 3.8) is 0 Å². The Morgan fingerprint density at radius 2 is 1.70 bits per heavy atom. The van der Waals surface area contributed by atoms with Crippen molar-refractivity contribution in [1.29, 1.82) is 0 Å². The number of carbonyl (C=O) groups is 2. The second kappa shape index (κ2) is 15.2. The molecule has 272 valence electrons. The molecular formula is C31H37F3N6O9S. The first-order valence-corrected chi connectivity index (χ1v) is 16.8. The Labute approximate surface area is 286 Å². The average molecular weight is 727 g/mol. The minimum atomic E-state index is -4.71. The van der Waals surface area contributed by atoms with Crippen LogP contribution in [0, 0.1) is 18.0 Å². The zero-order valence-corrected chi connectivity index (χ0v) is 28.7. The summed E-state index contributed by atoms with van der Waals surface area (Å²) in [6, 6.07) is 12.5. The SMILES string of the molecule is Cc1ccc(-c2cc(C(F)(F)F)nn2-c2ccc(S(=O)(=O)NC(=O)OCC3CCN(/[N+]([O-])=N\OC(C)OC(=O)OC(C)(C)C)CC3)cc2)cc1. The molecule has 4 rings (SSSR count). The fourth-order valence-electron chi connectivity index (χ4n) is 4.65. The maximum absolute atomic E-state index is 13.5. The first kappa shape index (κ1) is 37.7. The monoisotopic (exact) mass is 726 g/mol. The lowest BCUT2D eigenvalue weighted by Gasteiger charge is -2.27. The van der Waals surface area contributed by atoms with Crippen molar-refractivity contribution in [1.82, 2.24) is 19.5 Å². The quantitative estimate of drug-likeness (QED) is 0.0840. The summed E-state index contributed by atoms with van der Waals surface area (Å²) in [5, 5.41) is 20.7. The van der Waals surface area contributed by atoms with Crippen LogP contribution in [0.3, 0.4) is 0 Å². The lowest BCUT2D eigenvalue weighted by Crippen LogP contribution is -2.40. The summed E-state index contributed by atoms with van der Waals surface area (Å²) in [7, 11) is -4.40. The smallest absolute Gasteiger partial charge is 0.511 e. The molecule has 1 aliphatic rings. The van der Waals surface area contributed by atoms with Gasteiger partial charge in [0.25, 0.3) is 16.3 Å². The number of alkyl halides is 3. The zero-order chi connectivity index (χ0) is 36.9. The third-order valence-electron chi connectivity index (χ3n) is 7.16. The molecule has 0 bridgehead atoms. The van der Waals surface area contributed by atoms with Gasteiger partial charge in [-0.25, -0.2) is 27.4 Å². The molecule has 1 atom stereocenters. The molecule has 1 N–H and O–H groups in total. The number of amides is 1. The van der Waals surface area contributed by atoms with Gasteiger partial charge in [-0.05, 0) is 76.8 Å². The highest BCUT2D eigenvalue weighted by Gasteiger charge is 2.35. The Balaban J connectivity index is 1.28. The molecule has 0 spiro atoms. The van der Waals surface area contributed by atoms with E-state index in [2.05, 4.69) is 10.4 Å². The summed E-state index contributed by atoms with van der Waals surface area (Å²) < 4.78 is 84.1. The predicted molar refractivity (Wildman–Crippen MR) is 169 cm³/mol. The Morgan fingerprint density at radius 3 is 2.28 bits per heavy atom. The molecule has 1 unspecified atom stereocenters. The molecular weight excluding hydrogens is 689 g/mol. The van der Waals surface area contributed by atoms with Crippen molar-refractivity contribution < 1.29 is 55.2 Å². The van der Waals surface area contributed by atoms with Crippen LogP contribution in [0.2, 0.25) is 0 Å². The lowest BCUT2D eigenvalue weighted by molar-refractivity contribution is -0.715.